The van der Waals surface area contributed by atoms with Crippen LogP contribution in [0.15, 0.2) is 12.1 Å². The molecule has 0 saturated heterocycles. The van der Waals surface area contributed by atoms with Crippen LogP contribution < -0.4 is 0 Å². The summed E-state index contributed by atoms with van der Waals surface area (Å²) in [6.45, 7) is 6.89. The maximum Gasteiger partial charge on any atom is 0.500 e. The van der Waals surface area contributed by atoms with Crippen molar-refractivity contribution in [1.82, 2.24) is 0 Å². The Kier molecular flexibility index (Phi) is 8.09. The second-order valence-corrected chi connectivity index (χ2v) is 7.42. The van der Waals surface area contributed by atoms with Gasteiger partial charge in [-0.3, -0.25) is 0 Å². The van der Waals surface area contributed by atoms with Gasteiger partial charge in [-0.25, -0.2) is 13.2 Å². The lowest BCUT2D eigenvalue weighted by Gasteiger charge is -2.28. The quantitative estimate of drug-likeness (QED) is 0.603. The summed E-state index contributed by atoms with van der Waals surface area (Å²) in [5.41, 5.74) is -0.117. The average molecular weight is 336 g/mol. The van der Waals surface area contributed by atoms with Crippen LogP contribution in [0.2, 0.25) is 6.04 Å². The van der Waals surface area contributed by atoms with Gasteiger partial charge in [0.1, 0.15) is 17.5 Å². The largest absolute Gasteiger partial charge is 0.500 e. The molecule has 3 nitrogen and oxygen atoms in total. The molecule has 1 aromatic carbocycles. The van der Waals surface area contributed by atoms with Crippen LogP contribution in [0.1, 0.15) is 32.8 Å². The van der Waals surface area contributed by atoms with E-state index in [4.69, 9.17) is 13.3 Å². The van der Waals surface area contributed by atoms with Crippen LogP contribution in [-0.4, -0.2) is 28.6 Å². The van der Waals surface area contributed by atoms with Crippen molar-refractivity contribution < 1.29 is 26.4 Å². The number of rotatable bonds is 10. The van der Waals surface area contributed by atoms with Crippen molar-refractivity contribution in [3.8, 4) is 0 Å². The molecule has 22 heavy (non-hydrogen) atoms. The summed E-state index contributed by atoms with van der Waals surface area (Å²) in [7, 11) is -2.81. The van der Waals surface area contributed by atoms with Gasteiger partial charge < -0.3 is 13.3 Å². The molecule has 7 heteroatoms. The number of benzene rings is 1. The van der Waals surface area contributed by atoms with Crippen molar-refractivity contribution in [2.75, 3.05) is 19.8 Å². The molecule has 0 saturated carbocycles. The second kappa shape index (κ2) is 9.29. The van der Waals surface area contributed by atoms with Gasteiger partial charge in [-0.05, 0) is 33.6 Å². The highest BCUT2D eigenvalue weighted by atomic mass is 28.4. The van der Waals surface area contributed by atoms with Gasteiger partial charge in [-0.1, -0.05) is 0 Å². The van der Waals surface area contributed by atoms with Crippen molar-refractivity contribution >= 4 is 8.80 Å². The first-order valence-electron chi connectivity index (χ1n) is 7.53. The first kappa shape index (κ1) is 19.2. The topological polar surface area (TPSA) is 27.7 Å². The molecule has 0 heterocycles. The maximum absolute atomic E-state index is 13.6. The fourth-order valence-corrected chi connectivity index (χ4v) is 4.91. The van der Waals surface area contributed by atoms with Gasteiger partial charge in [0.05, 0.1) is 0 Å². The molecule has 0 amide bonds. The third-order valence-corrected chi connectivity index (χ3v) is 6.26. The average Bonchev–Trinajstić information content (AvgIpc) is 2.42. The van der Waals surface area contributed by atoms with Gasteiger partial charge in [-0.2, -0.15) is 0 Å². The first-order chi connectivity index (χ1) is 10.5. The Morgan fingerprint density at radius 3 is 1.73 bits per heavy atom. The lowest BCUT2D eigenvalue weighted by Crippen LogP contribution is -2.46. The van der Waals surface area contributed by atoms with E-state index in [2.05, 4.69) is 0 Å². The fourth-order valence-electron chi connectivity index (χ4n) is 2.29. The molecule has 1 rings (SSSR count). The van der Waals surface area contributed by atoms with Crippen LogP contribution in [0.25, 0.3) is 0 Å². The number of hydrogen-bond donors (Lipinski definition) is 0. The molecule has 0 unspecified atom stereocenters. The Morgan fingerprint density at radius 1 is 0.864 bits per heavy atom. The molecule has 1 aromatic rings. The summed E-state index contributed by atoms with van der Waals surface area (Å²) in [4.78, 5) is 0. The third kappa shape index (κ3) is 5.39. The van der Waals surface area contributed by atoms with Crippen molar-refractivity contribution in [3.05, 3.63) is 35.1 Å². The van der Waals surface area contributed by atoms with Crippen LogP contribution in [-0.2, 0) is 19.7 Å². The molecule has 126 valence electrons. The smallest absolute Gasteiger partial charge is 0.374 e. The molecular weight excluding hydrogens is 313 g/mol. The molecule has 0 aliphatic rings. The summed E-state index contributed by atoms with van der Waals surface area (Å²) in [5, 5.41) is 0. The SMILES string of the molecule is CCO[Si](CCCc1c(F)cc(F)cc1F)(OCC)OCC. The molecule has 0 radical (unpaired) electrons. The van der Waals surface area contributed by atoms with Crippen LogP contribution in [0.5, 0.6) is 0 Å². The maximum atomic E-state index is 13.6. The van der Waals surface area contributed by atoms with Crippen LogP contribution in [0, 0.1) is 17.5 Å². The van der Waals surface area contributed by atoms with E-state index in [1.165, 1.54) is 0 Å². The molecule has 0 bridgehead atoms. The molecule has 0 aliphatic heterocycles. The van der Waals surface area contributed by atoms with Gasteiger partial charge >= 0.3 is 8.80 Å². The van der Waals surface area contributed by atoms with Crippen LogP contribution in [0.3, 0.4) is 0 Å². The van der Waals surface area contributed by atoms with E-state index in [0.717, 1.165) is 0 Å². The Balaban J connectivity index is 2.73. The van der Waals surface area contributed by atoms with Gasteiger partial charge in [0.2, 0.25) is 0 Å². The van der Waals surface area contributed by atoms with Gasteiger partial charge in [-0.15, -0.1) is 0 Å². The van der Waals surface area contributed by atoms with E-state index in [-0.39, 0.29) is 12.0 Å². The van der Waals surface area contributed by atoms with Crippen molar-refractivity contribution in [1.29, 1.82) is 0 Å². The van der Waals surface area contributed by atoms with Crippen LogP contribution in [0.4, 0.5) is 13.2 Å². The number of halogens is 3. The highest BCUT2D eigenvalue weighted by Crippen LogP contribution is 2.22. The van der Waals surface area contributed by atoms with Gasteiger partial charge in [0, 0.05) is 43.6 Å². The second-order valence-electron chi connectivity index (χ2n) is 4.68. The van der Waals surface area contributed by atoms with Crippen molar-refractivity contribution in [3.63, 3.8) is 0 Å². The molecule has 0 atom stereocenters. The number of hydrogen-bond acceptors (Lipinski definition) is 3. The molecule has 0 fully saturated rings. The molecular formula is C15H23F3O3Si. The summed E-state index contributed by atoms with van der Waals surface area (Å²) < 4.78 is 57.1. The molecule has 0 spiro atoms. The zero-order chi connectivity index (χ0) is 16.6. The molecule has 0 N–H and O–H groups in total. The highest BCUT2D eigenvalue weighted by Gasteiger charge is 2.39. The van der Waals surface area contributed by atoms with Gasteiger partial charge in [0.15, 0.2) is 0 Å². The highest BCUT2D eigenvalue weighted by molar-refractivity contribution is 6.60. The van der Waals surface area contributed by atoms with Crippen molar-refractivity contribution in [2.45, 2.75) is 39.7 Å². The minimum atomic E-state index is -2.81. The zero-order valence-corrected chi connectivity index (χ0v) is 14.3. The molecule has 0 aromatic heterocycles. The summed E-state index contributed by atoms with van der Waals surface area (Å²) >= 11 is 0. The zero-order valence-electron chi connectivity index (χ0n) is 13.3. The van der Waals surface area contributed by atoms with Gasteiger partial charge in [0.25, 0.3) is 0 Å². The Hall–Kier alpha value is -0.893. The minimum absolute atomic E-state index is 0.117. The van der Waals surface area contributed by atoms with E-state index < -0.39 is 26.3 Å². The first-order valence-corrected chi connectivity index (χ1v) is 9.46. The molecule has 0 aliphatic carbocycles. The normalized spacial score (nSPS) is 11.9. The lowest BCUT2D eigenvalue weighted by molar-refractivity contribution is 0.0708. The fraction of sp³-hybridized carbons (Fsp3) is 0.600. The monoisotopic (exact) mass is 336 g/mol. The Morgan fingerprint density at radius 2 is 1.32 bits per heavy atom. The van der Waals surface area contributed by atoms with E-state index >= 15 is 0 Å². The minimum Gasteiger partial charge on any atom is -0.374 e. The standard InChI is InChI=1S/C15H23F3O3Si/c1-4-19-22(20-5-2,21-6-3)9-7-8-13-14(17)10-12(16)11-15(13)18/h10-11H,4-9H2,1-3H3. The Bertz CT molecular complexity index is 431. The summed E-state index contributed by atoms with van der Waals surface area (Å²) in [6, 6.07) is 1.84. The van der Waals surface area contributed by atoms with E-state index in [1.54, 1.807) is 0 Å². The summed E-state index contributed by atoms with van der Waals surface area (Å²) in [5.74, 6) is -2.65. The van der Waals surface area contributed by atoms with E-state index in [1.807, 2.05) is 20.8 Å². The third-order valence-electron chi connectivity index (χ3n) is 3.11. The van der Waals surface area contributed by atoms with Crippen LogP contribution >= 0.6 is 0 Å². The van der Waals surface area contributed by atoms with Crippen molar-refractivity contribution in [2.24, 2.45) is 0 Å². The lowest BCUT2D eigenvalue weighted by atomic mass is 10.1. The predicted octanol–water partition coefficient (Wildman–Crippen LogP) is 4.08. The van der Waals surface area contributed by atoms with E-state index in [0.29, 0.717) is 44.4 Å². The predicted molar refractivity (Wildman–Crippen MR) is 80.1 cm³/mol. The Labute approximate surface area is 130 Å². The van der Waals surface area contributed by atoms with E-state index in [9.17, 15) is 13.2 Å². The summed E-state index contributed by atoms with van der Waals surface area (Å²) in [6.07, 6.45) is 0.575.